The normalized spacial score (nSPS) is 15.1. The van der Waals surface area contributed by atoms with Gasteiger partial charge in [0, 0.05) is 31.5 Å². The number of amides is 1. The third kappa shape index (κ3) is 3.30. The number of rotatable bonds is 3. The number of methoxy groups -OCH3 is 1. The van der Waals surface area contributed by atoms with Gasteiger partial charge in [0.2, 0.25) is 5.88 Å². The zero-order chi connectivity index (χ0) is 18.8. The van der Waals surface area contributed by atoms with Crippen molar-refractivity contribution in [3.05, 3.63) is 42.6 Å². The van der Waals surface area contributed by atoms with Crippen molar-refractivity contribution in [1.82, 2.24) is 24.4 Å². The van der Waals surface area contributed by atoms with Crippen LogP contribution in [0.5, 0.6) is 11.6 Å². The molecule has 0 aromatic carbocycles. The van der Waals surface area contributed by atoms with Crippen molar-refractivity contribution in [1.29, 1.82) is 0 Å². The van der Waals surface area contributed by atoms with E-state index in [1.165, 1.54) is 13.4 Å². The average molecular weight is 367 g/mol. The molecule has 0 bridgehead atoms. The van der Waals surface area contributed by atoms with Crippen LogP contribution >= 0.6 is 0 Å². The standard InChI is InChI=1S/C19H21N5O3/c1-13-16(4-3-8-20-13)27-18-15-7-11-24(17(15)21-12-22-18)14-5-9-23(10-6-14)19(25)26-2/h3-4,7-8,11-12,14H,5-6,9-10H2,1-2H3. The molecule has 1 fully saturated rings. The van der Waals surface area contributed by atoms with E-state index in [1.807, 2.05) is 31.3 Å². The summed E-state index contributed by atoms with van der Waals surface area (Å²) in [4.78, 5) is 26.4. The summed E-state index contributed by atoms with van der Waals surface area (Å²) in [5, 5.41) is 0.858. The molecule has 3 aromatic heterocycles. The van der Waals surface area contributed by atoms with Gasteiger partial charge in [-0.05, 0) is 38.0 Å². The van der Waals surface area contributed by atoms with Crippen LogP contribution in [0.4, 0.5) is 4.79 Å². The Balaban J connectivity index is 1.58. The monoisotopic (exact) mass is 367 g/mol. The maximum atomic E-state index is 11.7. The number of piperidine rings is 1. The molecular formula is C19H21N5O3. The molecule has 1 saturated heterocycles. The van der Waals surface area contributed by atoms with Gasteiger partial charge in [-0.25, -0.2) is 14.8 Å². The van der Waals surface area contributed by atoms with Crippen LogP contribution in [0.2, 0.25) is 0 Å². The van der Waals surface area contributed by atoms with E-state index >= 15 is 0 Å². The summed E-state index contributed by atoms with van der Waals surface area (Å²) in [7, 11) is 1.41. The second kappa shape index (κ2) is 7.22. The highest BCUT2D eigenvalue weighted by Gasteiger charge is 2.25. The van der Waals surface area contributed by atoms with Crippen LogP contribution in [-0.4, -0.2) is 50.7 Å². The molecule has 1 amide bonds. The van der Waals surface area contributed by atoms with Gasteiger partial charge < -0.3 is 18.9 Å². The summed E-state index contributed by atoms with van der Waals surface area (Å²) in [5.74, 6) is 1.19. The van der Waals surface area contributed by atoms with Gasteiger partial charge in [-0.3, -0.25) is 4.98 Å². The fraction of sp³-hybridized carbons (Fsp3) is 0.368. The summed E-state index contributed by atoms with van der Waals surface area (Å²) in [6.45, 7) is 3.23. The number of pyridine rings is 1. The fourth-order valence-electron chi connectivity index (χ4n) is 3.46. The van der Waals surface area contributed by atoms with Gasteiger partial charge in [-0.15, -0.1) is 0 Å². The van der Waals surface area contributed by atoms with Gasteiger partial charge in [-0.2, -0.15) is 0 Å². The van der Waals surface area contributed by atoms with Crippen LogP contribution in [0.15, 0.2) is 36.9 Å². The molecule has 3 aromatic rings. The Morgan fingerprint density at radius 2 is 2.00 bits per heavy atom. The van der Waals surface area contributed by atoms with E-state index in [0.717, 1.165) is 29.6 Å². The molecule has 0 aliphatic carbocycles. The smallest absolute Gasteiger partial charge is 0.409 e. The van der Waals surface area contributed by atoms with Gasteiger partial charge in [0.05, 0.1) is 18.2 Å². The Labute approximate surface area is 156 Å². The number of likely N-dealkylation sites (tertiary alicyclic amines) is 1. The lowest BCUT2D eigenvalue weighted by Crippen LogP contribution is -2.38. The summed E-state index contributed by atoms with van der Waals surface area (Å²) in [6.07, 6.45) is 6.69. The Kier molecular flexibility index (Phi) is 4.62. The minimum Gasteiger partial charge on any atom is -0.453 e. The van der Waals surface area contributed by atoms with Crippen LogP contribution in [0.3, 0.4) is 0 Å². The molecule has 8 nitrogen and oxygen atoms in total. The molecule has 140 valence electrons. The number of ether oxygens (including phenoxy) is 2. The number of aryl methyl sites for hydroxylation is 1. The average Bonchev–Trinajstić information content (AvgIpc) is 3.14. The molecular weight excluding hydrogens is 346 g/mol. The number of nitrogens with zero attached hydrogens (tertiary/aromatic N) is 5. The van der Waals surface area contributed by atoms with Crippen LogP contribution < -0.4 is 4.74 Å². The van der Waals surface area contributed by atoms with Gasteiger partial charge in [0.15, 0.2) is 5.75 Å². The van der Waals surface area contributed by atoms with Crippen molar-refractivity contribution < 1.29 is 14.3 Å². The number of fused-ring (bicyclic) bond motifs is 1. The second-order valence-electron chi connectivity index (χ2n) is 6.52. The molecule has 0 spiro atoms. The summed E-state index contributed by atoms with van der Waals surface area (Å²) >= 11 is 0. The van der Waals surface area contributed by atoms with Crippen LogP contribution in [-0.2, 0) is 4.74 Å². The topological polar surface area (TPSA) is 82.4 Å². The quantitative estimate of drug-likeness (QED) is 0.706. The highest BCUT2D eigenvalue weighted by molar-refractivity contribution is 5.81. The molecule has 0 N–H and O–H groups in total. The Morgan fingerprint density at radius 3 is 2.74 bits per heavy atom. The summed E-state index contributed by atoms with van der Waals surface area (Å²) in [5.41, 5.74) is 1.64. The van der Waals surface area contributed by atoms with Gasteiger partial charge in [0.1, 0.15) is 12.0 Å². The third-order valence-corrected chi connectivity index (χ3v) is 4.93. The van der Waals surface area contributed by atoms with Gasteiger partial charge >= 0.3 is 6.09 Å². The Hall–Kier alpha value is -3.16. The molecule has 4 heterocycles. The number of aromatic nitrogens is 4. The zero-order valence-corrected chi connectivity index (χ0v) is 15.3. The lowest BCUT2D eigenvalue weighted by Gasteiger charge is -2.31. The molecule has 0 saturated carbocycles. The highest BCUT2D eigenvalue weighted by Crippen LogP contribution is 2.32. The molecule has 1 aliphatic rings. The largest absolute Gasteiger partial charge is 0.453 e. The molecule has 0 radical (unpaired) electrons. The van der Waals surface area contributed by atoms with Crippen molar-refractivity contribution in [3.8, 4) is 11.6 Å². The maximum absolute atomic E-state index is 11.7. The predicted octanol–water partition coefficient (Wildman–Crippen LogP) is 3.33. The lowest BCUT2D eigenvalue weighted by atomic mass is 10.1. The van der Waals surface area contributed by atoms with Crippen molar-refractivity contribution in [3.63, 3.8) is 0 Å². The van der Waals surface area contributed by atoms with Gasteiger partial charge in [0.25, 0.3) is 0 Å². The molecule has 0 atom stereocenters. The first-order valence-corrected chi connectivity index (χ1v) is 8.91. The van der Waals surface area contributed by atoms with Crippen LogP contribution in [0, 0.1) is 6.92 Å². The van der Waals surface area contributed by atoms with E-state index in [0.29, 0.717) is 24.7 Å². The molecule has 0 unspecified atom stereocenters. The van der Waals surface area contributed by atoms with Crippen molar-refractivity contribution in [2.24, 2.45) is 0 Å². The number of carbonyl (C=O) groups excluding carboxylic acids is 1. The molecule has 27 heavy (non-hydrogen) atoms. The van der Waals surface area contributed by atoms with Crippen molar-refractivity contribution in [2.75, 3.05) is 20.2 Å². The SMILES string of the molecule is COC(=O)N1CCC(n2ccc3c(Oc4cccnc4C)ncnc32)CC1. The Morgan fingerprint density at radius 1 is 1.19 bits per heavy atom. The van der Waals surface area contributed by atoms with Crippen LogP contribution in [0.1, 0.15) is 24.6 Å². The van der Waals surface area contributed by atoms with Crippen LogP contribution in [0.25, 0.3) is 11.0 Å². The first-order chi connectivity index (χ1) is 13.2. The number of hydrogen-bond donors (Lipinski definition) is 0. The number of carbonyl (C=O) groups is 1. The summed E-state index contributed by atoms with van der Waals surface area (Å²) in [6, 6.07) is 5.95. The number of hydrogen-bond acceptors (Lipinski definition) is 6. The summed E-state index contributed by atoms with van der Waals surface area (Å²) < 4.78 is 12.9. The zero-order valence-electron chi connectivity index (χ0n) is 15.3. The maximum Gasteiger partial charge on any atom is 0.409 e. The first-order valence-electron chi connectivity index (χ1n) is 8.91. The molecule has 1 aliphatic heterocycles. The van der Waals surface area contributed by atoms with E-state index in [9.17, 15) is 4.79 Å². The van der Waals surface area contributed by atoms with Crippen molar-refractivity contribution >= 4 is 17.1 Å². The van der Waals surface area contributed by atoms with Crippen molar-refractivity contribution in [2.45, 2.75) is 25.8 Å². The third-order valence-electron chi connectivity index (χ3n) is 4.93. The first kappa shape index (κ1) is 17.3. The van der Waals surface area contributed by atoms with E-state index in [4.69, 9.17) is 9.47 Å². The Bertz CT molecular complexity index is 963. The minimum absolute atomic E-state index is 0.268. The van der Waals surface area contributed by atoms with E-state index in [2.05, 4.69) is 19.5 Å². The molecule has 8 heteroatoms. The highest BCUT2D eigenvalue weighted by atomic mass is 16.5. The molecule has 4 rings (SSSR count). The van der Waals surface area contributed by atoms with Gasteiger partial charge in [-0.1, -0.05) is 0 Å². The van der Waals surface area contributed by atoms with E-state index < -0.39 is 0 Å². The lowest BCUT2D eigenvalue weighted by molar-refractivity contribution is 0.107. The fourth-order valence-corrected chi connectivity index (χ4v) is 3.46. The second-order valence-corrected chi connectivity index (χ2v) is 6.52. The minimum atomic E-state index is -0.268. The van der Waals surface area contributed by atoms with E-state index in [1.54, 1.807) is 11.1 Å². The predicted molar refractivity (Wildman–Crippen MR) is 98.8 cm³/mol. The van der Waals surface area contributed by atoms with E-state index in [-0.39, 0.29) is 12.1 Å².